The van der Waals surface area contributed by atoms with E-state index in [0.717, 1.165) is 34.4 Å². The summed E-state index contributed by atoms with van der Waals surface area (Å²) < 4.78 is 0. The molecule has 4 N–H and O–H groups in total. The third-order valence-electron chi connectivity index (χ3n) is 5.47. The Morgan fingerprint density at radius 1 is 1.37 bits per heavy atom. The zero-order valence-corrected chi connectivity index (χ0v) is 15.7. The first kappa shape index (κ1) is 19.6. The molecule has 0 saturated heterocycles. The topological polar surface area (TPSA) is 99.0 Å². The number of carboxylic acid groups (broad SMARTS) is 1. The molecule has 2 aliphatic carbocycles. The number of fused-ring (bicyclic) bond motifs is 1. The van der Waals surface area contributed by atoms with E-state index in [2.05, 4.69) is 5.48 Å². The van der Waals surface area contributed by atoms with Gasteiger partial charge in [-0.1, -0.05) is 35.9 Å². The molecule has 0 aliphatic heterocycles. The van der Waals surface area contributed by atoms with Crippen LogP contribution in [-0.2, 0) is 9.63 Å². The van der Waals surface area contributed by atoms with Crippen LogP contribution in [0.2, 0.25) is 0 Å². The Balaban J connectivity index is 1.59. The standard InChI is InChI=1S/C21H27NO5/c1-12-3-4-14(13(2)9-12)19(23)6-5-15-16-10-18(17(16)11-20(15)24)22-27-8-7-21(25)26/h3-6,9,15-16,19-20,22-24H,7-8,10-11H2,1-2H3,(H,25,26)/t15?,16-,19?,20?/m0/s1. The van der Waals surface area contributed by atoms with Gasteiger partial charge in [0.05, 0.1) is 25.2 Å². The molecule has 0 spiro atoms. The second-order valence-corrected chi connectivity index (χ2v) is 7.45. The van der Waals surface area contributed by atoms with Gasteiger partial charge in [0.25, 0.3) is 0 Å². The summed E-state index contributed by atoms with van der Waals surface area (Å²) in [5.41, 5.74) is 7.98. The predicted octanol–water partition coefficient (Wildman–Crippen LogP) is 2.54. The number of hydrogen-bond acceptors (Lipinski definition) is 5. The van der Waals surface area contributed by atoms with Crippen molar-refractivity contribution in [1.82, 2.24) is 5.48 Å². The van der Waals surface area contributed by atoms with E-state index in [1.165, 1.54) is 0 Å². The number of carboxylic acids is 1. The molecule has 1 saturated carbocycles. The number of hydrogen-bond donors (Lipinski definition) is 4. The third-order valence-corrected chi connectivity index (χ3v) is 5.47. The summed E-state index contributed by atoms with van der Waals surface area (Å²) >= 11 is 0. The number of aliphatic hydroxyl groups excluding tert-OH is 2. The largest absolute Gasteiger partial charge is 0.481 e. The van der Waals surface area contributed by atoms with Crippen molar-refractivity contribution in [3.63, 3.8) is 0 Å². The van der Waals surface area contributed by atoms with Crippen LogP contribution in [0.25, 0.3) is 0 Å². The zero-order chi connectivity index (χ0) is 19.6. The van der Waals surface area contributed by atoms with Gasteiger partial charge < -0.3 is 15.3 Å². The van der Waals surface area contributed by atoms with Gasteiger partial charge in [0.2, 0.25) is 0 Å². The molecule has 1 aromatic carbocycles. The lowest BCUT2D eigenvalue weighted by atomic mass is 9.79. The van der Waals surface area contributed by atoms with Gasteiger partial charge in [-0.2, -0.15) is 0 Å². The van der Waals surface area contributed by atoms with Crippen LogP contribution in [0, 0.1) is 25.7 Å². The Hall–Kier alpha value is -2.15. The van der Waals surface area contributed by atoms with Gasteiger partial charge in [-0.15, -0.1) is 0 Å². The minimum Gasteiger partial charge on any atom is -0.481 e. The smallest absolute Gasteiger partial charge is 0.305 e. The van der Waals surface area contributed by atoms with Crippen LogP contribution in [0.15, 0.2) is 41.6 Å². The highest BCUT2D eigenvalue weighted by Gasteiger charge is 2.44. The maximum Gasteiger partial charge on any atom is 0.305 e. The molecule has 3 unspecified atom stereocenters. The lowest BCUT2D eigenvalue weighted by Gasteiger charge is -2.31. The highest BCUT2D eigenvalue weighted by atomic mass is 16.6. The normalized spacial score (nSPS) is 25.4. The van der Waals surface area contributed by atoms with Gasteiger partial charge in [-0.3, -0.25) is 15.1 Å². The van der Waals surface area contributed by atoms with E-state index in [9.17, 15) is 15.0 Å². The van der Waals surface area contributed by atoms with Crippen molar-refractivity contribution < 1.29 is 25.0 Å². The van der Waals surface area contributed by atoms with Gasteiger partial charge in [-0.25, -0.2) is 0 Å². The molecular weight excluding hydrogens is 346 g/mol. The first-order chi connectivity index (χ1) is 12.9. The monoisotopic (exact) mass is 373 g/mol. The highest BCUT2D eigenvalue weighted by molar-refractivity contribution is 5.66. The van der Waals surface area contributed by atoms with Gasteiger partial charge in [0.1, 0.15) is 0 Å². The number of aliphatic hydroxyl groups is 2. The summed E-state index contributed by atoms with van der Waals surface area (Å²) in [6.45, 7) is 4.11. The average Bonchev–Trinajstić information content (AvgIpc) is 2.83. The van der Waals surface area contributed by atoms with Crippen LogP contribution in [0.3, 0.4) is 0 Å². The van der Waals surface area contributed by atoms with E-state index in [1.54, 1.807) is 6.08 Å². The lowest BCUT2D eigenvalue weighted by molar-refractivity contribution is -0.138. The molecule has 0 radical (unpaired) electrons. The van der Waals surface area contributed by atoms with E-state index in [-0.39, 0.29) is 24.9 Å². The van der Waals surface area contributed by atoms with E-state index in [4.69, 9.17) is 9.94 Å². The summed E-state index contributed by atoms with van der Waals surface area (Å²) in [5, 5.41) is 29.5. The lowest BCUT2D eigenvalue weighted by Crippen LogP contribution is -2.29. The Morgan fingerprint density at radius 2 is 2.15 bits per heavy atom. The number of allylic oxidation sites excluding steroid dienone is 1. The first-order valence-electron chi connectivity index (χ1n) is 9.30. The number of rotatable bonds is 8. The van der Waals surface area contributed by atoms with Gasteiger partial charge in [0, 0.05) is 11.6 Å². The molecule has 2 aliphatic rings. The fourth-order valence-corrected chi connectivity index (χ4v) is 3.98. The maximum absolute atomic E-state index is 10.5. The Morgan fingerprint density at radius 3 is 2.85 bits per heavy atom. The Kier molecular flexibility index (Phi) is 5.99. The van der Waals surface area contributed by atoms with Crippen LogP contribution >= 0.6 is 0 Å². The quantitative estimate of drug-likeness (QED) is 0.318. The molecule has 27 heavy (non-hydrogen) atoms. The third kappa shape index (κ3) is 4.40. The number of benzene rings is 1. The van der Waals surface area contributed by atoms with E-state index < -0.39 is 18.2 Å². The zero-order valence-electron chi connectivity index (χ0n) is 15.7. The summed E-state index contributed by atoms with van der Waals surface area (Å²) in [7, 11) is 0. The van der Waals surface area contributed by atoms with Crippen molar-refractivity contribution in [2.45, 2.75) is 45.3 Å². The van der Waals surface area contributed by atoms with Crippen molar-refractivity contribution >= 4 is 5.97 Å². The van der Waals surface area contributed by atoms with Crippen molar-refractivity contribution in [2.24, 2.45) is 11.8 Å². The number of carbonyl (C=O) groups is 1. The maximum atomic E-state index is 10.5. The van der Waals surface area contributed by atoms with E-state index in [0.29, 0.717) is 6.42 Å². The molecule has 0 bridgehead atoms. The first-order valence-corrected chi connectivity index (χ1v) is 9.30. The number of nitrogens with one attached hydrogen (secondary N) is 1. The van der Waals surface area contributed by atoms with E-state index >= 15 is 0 Å². The minimum atomic E-state index is -0.898. The van der Waals surface area contributed by atoms with Crippen LogP contribution in [0.5, 0.6) is 0 Å². The van der Waals surface area contributed by atoms with Gasteiger partial charge in [-0.05, 0) is 49.3 Å². The second kappa shape index (κ2) is 8.25. The molecule has 6 nitrogen and oxygen atoms in total. The van der Waals surface area contributed by atoms with Crippen molar-refractivity contribution in [2.75, 3.05) is 6.61 Å². The summed E-state index contributed by atoms with van der Waals surface area (Å²) in [6, 6.07) is 5.97. The van der Waals surface area contributed by atoms with Crippen molar-refractivity contribution in [3.8, 4) is 0 Å². The molecular formula is C21H27NO5. The van der Waals surface area contributed by atoms with Crippen LogP contribution in [0.4, 0.5) is 0 Å². The summed E-state index contributed by atoms with van der Waals surface area (Å²) in [6.07, 6.45) is 3.80. The van der Waals surface area contributed by atoms with Crippen LogP contribution < -0.4 is 5.48 Å². The minimum absolute atomic E-state index is 0.0232. The molecule has 4 atom stereocenters. The van der Waals surface area contributed by atoms with Crippen LogP contribution in [0.1, 0.15) is 42.1 Å². The molecule has 6 heteroatoms. The fraction of sp³-hybridized carbons (Fsp3) is 0.476. The number of aliphatic carboxylic acids is 1. The molecule has 1 fully saturated rings. The van der Waals surface area contributed by atoms with Gasteiger partial charge >= 0.3 is 5.97 Å². The average molecular weight is 373 g/mol. The van der Waals surface area contributed by atoms with Crippen molar-refractivity contribution in [1.29, 1.82) is 0 Å². The molecule has 1 aromatic rings. The molecule has 0 amide bonds. The van der Waals surface area contributed by atoms with Crippen LogP contribution in [-0.4, -0.2) is 34.0 Å². The number of hydroxylamine groups is 1. The molecule has 3 rings (SSSR count). The Labute approximate surface area is 159 Å². The molecule has 0 heterocycles. The van der Waals surface area contributed by atoms with Crippen molar-refractivity contribution in [3.05, 3.63) is 58.3 Å². The SMILES string of the molecule is Cc1ccc(C(O)C=CC2C(O)CC3=C(NOCCC(=O)O)C[C@H]32)c(C)c1. The number of aryl methyl sites for hydroxylation is 2. The second-order valence-electron chi connectivity index (χ2n) is 7.45. The molecule has 0 aromatic heterocycles. The van der Waals surface area contributed by atoms with E-state index in [1.807, 2.05) is 38.1 Å². The fourth-order valence-electron chi connectivity index (χ4n) is 3.98. The van der Waals surface area contributed by atoms with Gasteiger partial charge in [0.15, 0.2) is 0 Å². The predicted molar refractivity (Wildman–Crippen MR) is 101 cm³/mol. The Bertz CT molecular complexity index is 770. The summed E-state index contributed by atoms with van der Waals surface area (Å²) in [5.74, 6) is -0.678. The summed E-state index contributed by atoms with van der Waals surface area (Å²) in [4.78, 5) is 15.7. The highest BCUT2D eigenvalue weighted by Crippen LogP contribution is 2.49. The molecule has 146 valence electrons.